The minimum atomic E-state index is -1.94. The molecule has 0 amide bonds. The summed E-state index contributed by atoms with van der Waals surface area (Å²) in [5, 5.41) is 0. The van der Waals surface area contributed by atoms with Gasteiger partial charge in [0.25, 0.3) is 0 Å². The zero-order chi connectivity index (χ0) is 9.42. The van der Waals surface area contributed by atoms with Crippen molar-refractivity contribution in [1.82, 2.24) is 9.97 Å². The number of hydrogen-bond donors (Lipinski definition) is 3. The Morgan fingerprint density at radius 3 is 2.69 bits per heavy atom. The fourth-order valence-corrected chi connectivity index (χ4v) is 1.74. The van der Waals surface area contributed by atoms with Crippen molar-refractivity contribution in [3.8, 4) is 0 Å². The summed E-state index contributed by atoms with van der Waals surface area (Å²) >= 11 is 2.93. The quantitative estimate of drug-likeness (QED) is 0.501. The summed E-state index contributed by atoms with van der Waals surface area (Å²) in [6.07, 6.45) is 0. The number of aromatic nitrogens is 2. The van der Waals surface area contributed by atoms with E-state index in [0.29, 0.717) is 9.67 Å². The summed E-state index contributed by atoms with van der Waals surface area (Å²) < 4.78 is 20.0. The van der Waals surface area contributed by atoms with E-state index < -0.39 is 11.1 Å². The van der Waals surface area contributed by atoms with Gasteiger partial charge in [0, 0.05) is 0 Å². The van der Waals surface area contributed by atoms with E-state index in [4.69, 9.17) is 16.8 Å². The number of fused-ring (bicyclic) bond motifs is 1. The second kappa shape index (κ2) is 3.06. The van der Waals surface area contributed by atoms with E-state index in [2.05, 4.69) is 9.97 Å². The summed E-state index contributed by atoms with van der Waals surface area (Å²) in [6.45, 7) is 0. The Bertz CT molecular complexity index is 529. The maximum Gasteiger partial charge on any atom is 0.186 e. The highest BCUT2D eigenvalue weighted by Gasteiger charge is 2.02. The number of hydrogen-bond acceptors (Lipinski definition) is 2. The molecule has 0 spiro atoms. The van der Waals surface area contributed by atoms with Crippen LogP contribution < -0.4 is 0 Å². The topological polar surface area (TPSA) is 68.9 Å². The monoisotopic (exact) mass is 214 g/mol. The second-order valence-corrected chi connectivity index (χ2v) is 3.91. The van der Waals surface area contributed by atoms with Gasteiger partial charge in [0.15, 0.2) is 15.9 Å². The van der Waals surface area contributed by atoms with Gasteiger partial charge in [-0.1, -0.05) is 0 Å². The van der Waals surface area contributed by atoms with Crippen LogP contribution in [0.2, 0.25) is 0 Å². The Kier molecular flexibility index (Phi) is 2.03. The molecule has 1 atom stereocenters. The van der Waals surface area contributed by atoms with Gasteiger partial charge < -0.3 is 14.5 Å². The fraction of sp³-hybridized carbons (Fsp3) is 0. The molecule has 0 bridgehead atoms. The first-order valence-electron chi connectivity index (χ1n) is 3.50. The molecule has 68 valence electrons. The predicted molar refractivity (Wildman–Crippen MR) is 52.5 cm³/mol. The van der Waals surface area contributed by atoms with Crippen molar-refractivity contribution >= 4 is 34.3 Å². The van der Waals surface area contributed by atoms with E-state index in [0.717, 1.165) is 11.0 Å². The maximum atomic E-state index is 10.7. The molecule has 1 heterocycles. The van der Waals surface area contributed by atoms with Crippen molar-refractivity contribution < 1.29 is 8.76 Å². The molecule has 0 aliphatic carbocycles. The molecular formula is C7H6N2O2S2. The first-order valence-corrected chi connectivity index (χ1v) is 5.01. The summed E-state index contributed by atoms with van der Waals surface area (Å²) in [7, 11) is 0. The normalized spacial score (nSPS) is 13.3. The Morgan fingerprint density at radius 2 is 2.00 bits per heavy atom. The van der Waals surface area contributed by atoms with Crippen LogP contribution in [-0.4, -0.2) is 18.7 Å². The zero-order valence-corrected chi connectivity index (χ0v) is 8.04. The van der Waals surface area contributed by atoms with Gasteiger partial charge in [0.1, 0.15) is 0 Å². The van der Waals surface area contributed by atoms with Crippen LogP contribution in [0, 0.1) is 4.77 Å². The molecule has 6 heteroatoms. The van der Waals surface area contributed by atoms with Crippen LogP contribution in [0.25, 0.3) is 11.0 Å². The summed E-state index contributed by atoms with van der Waals surface area (Å²) in [4.78, 5) is 6.13. The number of benzene rings is 1. The Hall–Kier alpha value is -0.980. The molecular weight excluding hydrogens is 208 g/mol. The fourth-order valence-electron chi connectivity index (χ4n) is 1.12. The lowest BCUT2D eigenvalue weighted by atomic mass is 10.3. The Labute approximate surface area is 81.3 Å². The highest BCUT2D eigenvalue weighted by molar-refractivity contribution is 7.79. The lowest BCUT2D eigenvalue weighted by Gasteiger charge is -1.93. The van der Waals surface area contributed by atoms with Crippen molar-refractivity contribution in [3.63, 3.8) is 0 Å². The maximum absolute atomic E-state index is 10.7. The van der Waals surface area contributed by atoms with Crippen molar-refractivity contribution in [1.29, 1.82) is 0 Å². The highest BCUT2D eigenvalue weighted by atomic mass is 32.2. The third-order valence-electron chi connectivity index (χ3n) is 1.69. The van der Waals surface area contributed by atoms with E-state index in [9.17, 15) is 4.21 Å². The van der Waals surface area contributed by atoms with E-state index >= 15 is 0 Å². The van der Waals surface area contributed by atoms with E-state index in [1.807, 2.05) is 0 Å². The second-order valence-electron chi connectivity index (χ2n) is 2.54. The Balaban J connectivity index is 2.74. The summed E-state index contributed by atoms with van der Waals surface area (Å²) in [6, 6.07) is 4.89. The number of H-pyrrole nitrogens is 2. The average Bonchev–Trinajstić information content (AvgIpc) is 2.42. The van der Waals surface area contributed by atoms with Crippen molar-refractivity contribution in [2.24, 2.45) is 0 Å². The van der Waals surface area contributed by atoms with Gasteiger partial charge in [-0.25, -0.2) is 4.21 Å². The van der Waals surface area contributed by atoms with Gasteiger partial charge in [-0.2, -0.15) is 0 Å². The van der Waals surface area contributed by atoms with Crippen LogP contribution in [0.4, 0.5) is 0 Å². The van der Waals surface area contributed by atoms with Crippen LogP contribution in [0.15, 0.2) is 23.1 Å². The summed E-state index contributed by atoms with van der Waals surface area (Å²) in [5.74, 6) is 0. The van der Waals surface area contributed by atoms with E-state index in [-0.39, 0.29) is 0 Å². The molecule has 1 aromatic carbocycles. The molecule has 0 fully saturated rings. The van der Waals surface area contributed by atoms with E-state index in [1.54, 1.807) is 18.2 Å². The molecule has 0 radical (unpaired) electrons. The molecule has 3 N–H and O–H groups in total. The molecule has 1 aromatic heterocycles. The predicted octanol–water partition coefficient (Wildman–Crippen LogP) is 1.81. The average molecular weight is 214 g/mol. The van der Waals surface area contributed by atoms with Crippen LogP contribution in [0.5, 0.6) is 0 Å². The summed E-state index contributed by atoms with van der Waals surface area (Å²) in [5.41, 5.74) is 1.57. The van der Waals surface area contributed by atoms with Gasteiger partial charge in [-0.3, -0.25) is 0 Å². The van der Waals surface area contributed by atoms with Crippen molar-refractivity contribution in [2.75, 3.05) is 0 Å². The van der Waals surface area contributed by atoms with Crippen LogP contribution in [0.3, 0.4) is 0 Å². The minimum absolute atomic E-state index is 0.359. The number of nitrogens with one attached hydrogen (secondary N) is 2. The minimum Gasteiger partial charge on any atom is -0.331 e. The first kappa shape index (κ1) is 8.61. The zero-order valence-electron chi connectivity index (χ0n) is 6.40. The number of rotatable bonds is 1. The highest BCUT2D eigenvalue weighted by Crippen LogP contribution is 2.14. The van der Waals surface area contributed by atoms with Gasteiger partial charge in [0.2, 0.25) is 0 Å². The van der Waals surface area contributed by atoms with Gasteiger partial charge in [-0.15, -0.1) is 0 Å². The number of imidazole rings is 1. The van der Waals surface area contributed by atoms with Crippen molar-refractivity contribution in [3.05, 3.63) is 23.0 Å². The van der Waals surface area contributed by atoms with Crippen LogP contribution in [0.1, 0.15) is 0 Å². The molecule has 13 heavy (non-hydrogen) atoms. The standard InChI is InChI=1S/C7H6N2O2S2/c10-13(11)4-1-2-5-6(3-4)9-7(12)8-5/h1-3H,(H,10,11)(H2,8,9,12). The SMILES string of the molecule is O=S(O)c1ccc2[nH]c(=S)[nH]c2c1. The van der Waals surface area contributed by atoms with Gasteiger partial charge in [-0.05, 0) is 30.4 Å². The third-order valence-corrected chi connectivity index (χ3v) is 2.55. The number of aromatic amines is 2. The lowest BCUT2D eigenvalue weighted by Crippen LogP contribution is -1.86. The van der Waals surface area contributed by atoms with E-state index in [1.165, 1.54) is 0 Å². The molecule has 4 nitrogen and oxygen atoms in total. The first-order chi connectivity index (χ1) is 6.16. The lowest BCUT2D eigenvalue weighted by molar-refractivity contribution is 0.564. The smallest absolute Gasteiger partial charge is 0.186 e. The van der Waals surface area contributed by atoms with Gasteiger partial charge in [0.05, 0.1) is 15.9 Å². The molecule has 0 saturated heterocycles. The van der Waals surface area contributed by atoms with Gasteiger partial charge >= 0.3 is 0 Å². The third kappa shape index (κ3) is 1.55. The largest absolute Gasteiger partial charge is 0.331 e. The molecule has 2 rings (SSSR count). The Morgan fingerprint density at radius 1 is 1.31 bits per heavy atom. The molecule has 2 aromatic rings. The molecule has 0 aliphatic rings. The van der Waals surface area contributed by atoms with Crippen molar-refractivity contribution in [2.45, 2.75) is 4.90 Å². The van der Waals surface area contributed by atoms with Crippen LogP contribution in [-0.2, 0) is 11.1 Å². The van der Waals surface area contributed by atoms with Crippen LogP contribution >= 0.6 is 12.2 Å². The molecule has 0 aliphatic heterocycles. The molecule has 1 unspecified atom stereocenters. The molecule has 0 saturated carbocycles.